The van der Waals surface area contributed by atoms with Gasteiger partial charge >= 0.3 is 15.6 Å². The van der Waals surface area contributed by atoms with E-state index in [9.17, 15) is 26.4 Å². The highest BCUT2D eigenvalue weighted by molar-refractivity contribution is 7.88. The molecule has 1 N–H and O–H groups in total. The lowest BCUT2D eigenvalue weighted by molar-refractivity contribution is -0.110. The van der Waals surface area contributed by atoms with Gasteiger partial charge in [-0.25, -0.2) is 4.99 Å². The highest BCUT2D eigenvalue weighted by atomic mass is 32.2. The Bertz CT molecular complexity index is 1260. The molecule has 0 fully saturated rings. The normalized spacial score (nSPS) is 12.2. The zero-order chi connectivity index (χ0) is 24.1. The number of nitrogens with zero attached hydrogens (tertiary/aromatic N) is 1. The molecule has 3 aromatic carbocycles. The number of benzene rings is 3. The first kappa shape index (κ1) is 23.8. The first-order chi connectivity index (χ1) is 15.6. The molecular formula is C22H17F3N2O5S. The van der Waals surface area contributed by atoms with Crippen LogP contribution in [0.15, 0.2) is 83.9 Å². The van der Waals surface area contributed by atoms with Gasteiger partial charge in [-0.3, -0.25) is 4.79 Å². The minimum Gasteiger partial charge on any atom is -0.497 e. The van der Waals surface area contributed by atoms with Gasteiger partial charge < -0.3 is 14.2 Å². The Balaban J connectivity index is 1.96. The maximum Gasteiger partial charge on any atom is 0.534 e. The SMILES string of the molecule is COc1ccc(N=C(C(=O)Nc2ccccc2OS(=O)(=O)C(F)(F)F)c2ccccc2)cc1. The lowest BCUT2D eigenvalue weighted by Gasteiger charge is -2.14. The van der Waals surface area contributed by atoms with Gasteiger partial charge in [0, 0.05) is 5.56 Å². The number of ether oxygens (including phenoxy) is 1. The number of amides is 1. The van der Waals surface area contributed by atoms with Crippen molar-refractivity contribution in [2.24, 2.45) is 4.99 Å². The van der Waals surface area contributed by atoms with E-state index in [2.05, 4.69) is 14.5 Å². The third-order valence-corrected chi connectivity index (χ3v) is 5.16. The summed E-state index contributed by atoms with van der Waals surface area (Å²) in [6.07, 6.45) is 0. The Morgan fingerprint density at radius 2 is 1.52 bits per heavy atom. The van der Waals surface area contributed by atoms with Crippen LogP contribution in [0.5, 0.6) is 11.5 Å². The number of carbonyl (C=O) groups is 1. The van der Waals surface area contributed by atoms with Crippen molar-refractivity contribution >= 4 is 33.1 Å². The van der Waals surface area contributed by atoms with E-state index in [1.807, 2.05) is 0 Å². The first-order valence-corrected chi connectivity index (χ1v) is 10.7. The summed E-state index contributed by atoms with van der Waals surface area (Å²) in [5.74, 6) is -0.908. The summed E-state index contributed by atoms with van der Waals surface area (Å²) in [7, 11) is -4.43. The number of hydrogen-bond acceptors (Lipinski definition) is 6. The van der Waals surface area contributed by atoms with E-state index >= 15 is 0 Å². The van der Waals surface area contributed by atoms with Gasteiger partial charge in [-0.15, -0.1) is 0 Å². The second-order valence-corrected chi connectivity index (χ2v) is 8.00. The van der Waals surface area contributed by atoms with Gasteiger partial charge in [-0.2, -0.15) is 21.6 Å². The summed E-state index contributed by atoms with van der Waals surface area (Å²) < 4.78 is 70.3. The standard InChI is InChI=1S/C22H17F3N2O5S/c1-31-17-13-11-16(12-14-17)26-20(15-7-3-2-4-8-15)21(28)27-18-9-5-6-10-19(18)32-33(29,30)22(23,24)25/h2-14H,1H3,(H,27,28). The molecule has 33 heavy (non-hydrogen) atoms. The van der Waals surface area contributed by atoms with E-state index in [-0.39, 0.29) is 11.4 Å². The van der Waals surface area contributed by atoms with Crippen LogP contribution in [0.1, 0.15) is 5.56 Å². The van der Waals surface area contributed by atoms with Gasteiger partial charge in [0.25, 0.3) is 5.91 Å². The summed E-state index contributed by atoms with van der Waals surface area (Å²) in [4.78, 5) is 17.4. The second kappa shape index (κ2) is 9.74. The van der Waals surface area contributed by atoms with Gasteiger partial charge in [-0.05, 0) is 36.4 Å². The molecule has 0 unspecified atom stereocenters. The molecule has 0 aliphatic carbocycles. The van der Waals surface area contributed by atoms with Crippen molar-refractivity contribution < 1.29 is 35.3 Å². The molecule has 0 radical (unpaired) electrons. The van der Waals surface area contributed by atoms with Gasteiger partial charge in [0.05, 0.1) is 18.5 Å². The van der Waals surface area contributed by atoms with Crippen LogP contribution in [-0.2, 0) is 14.9 Å². The van der Waals surface area contributed by atoms with E-state index in [0.29, 0.717) is 17.0 Å². The molecule has 0 spiro atoms. The van der Waals surface area contributed by atoms with Crippen LogP contribution in [0, 0.1) is 0 Å². The van der Waals surface area contributed by atoms with Crippen LogP contribution >= 0.6 is 0 Å². The van der Waals surface area contributed by atoms with E-state index in [1.165, 1.54) is 25.3 Å². The van der Waals surface area contributed by atoms with Crippen molar-refractivity contribution in [1.29, 1.82) is 0 Å². The van der Waals surface area contributed by atoms with Crippen molar-refractivity contribution in [3.8, 4) is 11.5 Å². The number of carbonyl (C=O) groups excluding carboxylic acids is 1. The number of rotatable bonds is 7. The Morgan fingerprint density at radius 3 is 2.12 bits per heavy atom. The minimum absolute atomic E-state index is 0.0609. The van der Waals surface area contributed by atoms with Crippen LogP contribution in [0.4, 0.5) is 24.5 Å². The average Bonchev–Trinajstić information content (AvgIpc) is 2.78. The fraction of sp³-hybridized carbons (Fsp3) is 0.0909. The molecule has 11 heteroatoms. The van der Waals surface area contributed by atoms with Crippen LogP contribution in [-0.4, -0.2) is 32.7 Å². The largest absolute Gasteiger partial charge is 0.534 e. The summed E-state index contributed by atoms with van der Waals surface area (Å²) in [5, 5.41) is 2.37. The summed E-state index contributed by atoms with van der Waals surface area (Å²) >= 11 is 0. The van der Waals surface area contributed by atoms with E-state index in [4.69, 9.17) is 4.74 Å². The molecular weight excluding hydrogens is 461 g/mol. The molecule has 0 saturated heterocycles. The smallest absolute Gasteiger partial charge is 0.497 e. The fourth-order valence-corrected chi connectivity index (χ4v) is 3.09. The Kier molecular flexibility index (Phi) is 7.02. The molecule has 7 nitrogen and oxygen atoms in total. The summed E-state index contributed by atoms with van der Waals surface area (Å²) in [6, 6.07) is 19.7. The number of alkyl halides is 3. The number of halogens is 3. The van der Waals surface area contributed by atoms with Gasteiger partial charge in [0.1, 0.15) is 11.5 Å². The number of anilines is 1. The Morgan fingerprint density at radius 1 is 0.909 bits per heavy atom. The molecule has 0 aromatic heterocycles. The molecule has 0 saturated carbocycles. The van der Waals surface area contributed by atoms with Crippen molar-refractivity contribution in [3.05, 3.63) is 84.4 Å². The molecule has 0 heterocycles. The van der Waals surface area contributed by atoms with Crippen LogP contribution < -0.4 is 14.2 Å². The zero-order valence-corrected chi connectivity index (χ0v) is 17.9. The topological polar surface area (TPSA) is 94.1 Å². The molecule has 172 valence electrons. The van der Waals surface area contributed by atoms with Crippen LogP contribution in [0.2, 0.25) is 0 Å². The van der Waals surface area contributed by atoms with E-state index in [0.717, 1.165) is 6.07 Å². The molecule has 0 atom stereocenters. The van der Waals surface area contributed by atoms with Crippen LogP contribution in [0.3, 0.4) is 0 Å². The zero-order valence-electron chi connectivity index (χ0n) is 17.0. The number of nitrogens with one attached hydrogen (secondary N) is 1. The number of methoxy groups -OCH3 is 1. The van der Waals surface area contributed by atoms with Gasteiger partial charge in [-0.1, -0.05) is 42.5 Å². The van der Waals surface area contributed by atoms with Crippen LogP contribution in [0.25, 0.3) is 0 Å². The van der Waals surface area contributed by atoms with E-state index < -0.39 is 27.3 Å². The number of para-hydroxylation sites is 2. The van der Waals surface area contributed by atoms with Crippen molar-refractivity contribution in [1.82, 2.24) is 0 Å². The monoisotopic (exact) mass is 478 g/mol. The summed E-state index contributed by atoms with van der Waals surface area (Å²) in [6.45, 7) is 0. The Labute approximate surface area is 187 Å². The highest BCUT2D eigenvalue weighted by Gasteiger charge is 2.48. The van der Waals surface area contributed by atoms with Crippen molar-refractivity contribution in [3.63, 3.8) is 0 Å². The summed E-state index contributed by atoms with van der Waals surface area (Å²) in [5.41, 5.74) is -5.14. The molecule has 3 aromatic rings. The van der Waals surface area contributed by atoms with Crippen molar-refractivity contribution in [2.75, 3.05) is 12.4 Å². The number of hydrogen-bond donors (Lipinski definition) is 1. The van der Waals surface area contributed by atoms with Crippen molar-refractivity contribution in [2.45, 2.75) is 5.51 Å². The van der Waals surface area contributed by atoms with E-state index in [1.54, 1.807) is 54.6 Å². The first-order valence-electron chi connectivity index (χ1n) is 9.30. The van der Waals surface area contributed by atoms with Gasteiger partial charge in [0.15, 0.2) is 5.75 Å². The Hall–Kier alpha value is -3.86. The maximum absolute atomic E-state index is 13.1. The molecule has 1 amide bonds. The maximum atomic E-state index is 13.1. The molecule has 3 rings (SSSR count). The highest BCUT2D eigenvalue weighted by Crippen LogP contribution is 2.31. The molecule has 0 aliphatic heterocycles. The third kappa shape index (κ3) is 5.89. The second-order valence-electron chi connectivity index (χ2n) is 6.46. The lowest BCUT2D eigenvalue weighted by Crippen LogP contribution is -2.29. The quantitative estimate of drug-likeness (QED) is 0.302. The predicted octanol–water partition coefficient (Wildman–Crippen LogP) is 4.68. The molecule has 0 aliphatic rings. The number of aliphatic imine (C=N–C) groups is 1. The predicted molar refractivity (Wildman–Crippen MR) is 116 cm³/mol. The van der Waals surface area contributed by atoms with Gasteiger partial charge in [0.2, 0.25) is 0 Å². The third-order valence-electron chi connectivity index (χ3n) is 4.19. The minimum atomic E-state index is -5.93. The lowest BCUT2D eigenvalue weighted by atomic mass is 10.1. The average molecular weight is 478 g/mol. The fourth-order valence-electron chi connectivity index (χ4n) is 2.62. The molecule has 0 bridgehead atoms.